The number of esters is 2. The van der Waals surface area contributed by atoms with E-state index in [4.69, 9.17) is 30.6 Å². The number of carbonyl (C=O) groups is 5. The molecule has 1 aliphatic rings. The van der Waals surface area contributed by atoms with E-state index >= 15 is 0 Å². The van der Waals surface area contributed by atoms with Crippen molar-refractivity contribution in [1.82, 2.24) is 15.2 Å². The Kier molecular flexibility index (Phi) is 12.7. The lowest BCUT2D eigenvalue weighted by Gasteiger charge is -2.39. The SMILES string of the molecule is CC(C)(C)OC(=O)Nc1nc(/C(=N/OC(C)(C)C(=O)OC(C)(C)C)C(=O)N[C@H]2CN(/C(=C/c3ccc(CCl)cc3)C(=O)OC(C)(C)C)C2=O)cs1. The van der Waals surface area contributed by atoms with E-state index in [2.05, 4.69) is 20.8 Å². The maximum absolute atomic E-state index is 13.7. The third kappa shape index (κ3) is 12.3. The van der Waals surface area contributed by atoms with Crippen molar-refractivity contribution >= 4 is 69.7 Å². The van der Waals surface area contributed by atoms with Crippen LogP contribution in [-0.2, 0) is 44.1 Å². The number of benzene rings is 1. The third-order valence-electron chi connectivity index (χ3n) is 6.40. The standard InChI is InChI=1S/C35H46ClN5O9S/c1-32(2,3)47-28(44)24(16-20-12-14-21(17-36)15-13-20)41-18-22(27(41)43)37-26(42)25(40-50-35(10,11)29(45)48-33(4,5)6)23-19-51-30(38-23)39-31(46)49-34(7,8)9/h12-16,19,22H,17-18H2,1-11H3,(H,37,42)(H,38,39,46)/b24-16+,40-25-/t22-/m0/s1. The molecule has 3 amide bonds. The lowest BCUT2D eigenvalue weighted by molar-refractivity contribution is -0.179. The van der Waals surface area contributed by atoms with Crippen LogP contribution >= 0.6 is 22.9 Å². The molecular formula is C35H46ClN5O9S. The minimum Gasteiger partial charge on any atom is -0.457 e. The van der Waals surface area contributed by atoms with Gasteiger partial charge in [0.1, 0.15) is 34.2 Å². The number of nitrogens with one attached hydrogen (secondary N) is 2. The largest absolute Gasteiger partial charge is 0.457 e. The van der Waals surface area contributed by atoms with E-state index < -0.39 is 64.0 Å². The molecule has 0 aliphatic carbocycles. The number of ether oxygens (including phenoxy) is 3. The summed E-state index contributed by atoms with van der Waals surface area (Å²) < 4.78 is 16.3. The smallest absolute Gasteiger partial charge is 0.413 e. The summed E-state index contributed by atoms with van der Waals surface area (Å²) in [5.41, 5.74) is -3.01. The predicted octanol–water partition coefficient (Wildman–Crippen LogP) is 5.78. The number of thiazole rings is 1. The zero-order chi connectivity index (χ0) is 38.5. The quantitative estimate of drug-likeness (QED) is 0.0546. The van der Waals surface area contributed by atoms with Gasteiger partial charge >= 0.3 is 18.0 Å². The average molecular weight is 748 g/mol. The molecule has 1 aromatic carbocycles. The van der Waals surface area contributed by atoms with Crippen LogP contribution in [0.25, 0.3) is 6.08 Å². The van der Waals surface area contributed by atoms with Crippen molar-refractivity contribution in [2.24, 2.45) is 5.16 Å². The van der Waals surface area contributed by atoms with Crippen LogP contribution in [0.1, 0.15) is 93.0 Å². The molecule has 1 fully saturated rings. The van der Waals surface area contributed by atoms with E-state index in [0.717, 1.165) is 16.9 Å². The molecule has 278 valence electrons. The van der Waals surface area contributed by atoms with Gasteiger partial charge in [-0.3, -0.25) is 14.9 Å². The predicted molar refractivity (Wildman–Crippen MR) is 193 cm³/mol. The first-order valence-corrected chi connectivity index (χ1v) is 17.5. The second-order valence-corrected chi connectivity index (χ2v) is 16.2. The zero-order valence-electron chi connectivity index (χ0n) is 30.8. The van der Waals surface area contributed by atoms with Gasteiger partial charge in [-0.25, -0.2) is 19.4 Å². The molecule has 1 aliphatic heterocycles. The Morgan fingerprint density at radius 3 is 2.06 bits per heavy atom. The average Bonchev–Trinajstić information content (AvgIpc) is 3.43. The fourth-order valence-electron chi connectivity index (χ4n) is 4.05. The number of carbonyl (C=O) groups excluding carboxylic acids is 5. The number of hydrogen-bond donors (Lipinski definition) is 2. The number of nitrogens with zero attached hydrogens (tertiary/aromatic N) is 3. The maximum atomic E-state index is 13.7. The zero-order valence-corrected chi connectivity index (χ0v) is 32.3. The summed E-state index contributed by atoms with van der Waals surface area (Å²) >= 11 is 6.89. The fourth-order valence-corrected chi connectivity index (χ4v) is 4.91. The van der Waals surface area contributed by atoms with Crippen LogP contribution in [0.2, 0.25) is 0 Å². The number of likely N-dealkylation sites (tertiary alicyclic amines) is 1. The van der Waals surface area contributed by atoms with Gasteiger partial charge in [0.2, 0.25) is 5.60 Å². The molecule has 16 heteroatoms. The van der Waals surface area contributed by atoms with Crippen LogP contribution < -0.4 is 10.6 Å². The van der Waals surface area contributed by atoms with Crippen LogP contribution in [0.3, 0.4) is 0 Å². The van der Waals surface area contributed by atoms with Gasteiger partial charge in [0, 0.05) is 11.3 Å². The van der Waals surface area contributed by atoms with Crippen molar-refractivity contribution in [3.8, 4) is 0 Å². The van der Waals surface area contributed by atoms with Crippen LogP contribution in [-0.4, -0.2) is 80.4 Å². The van der Waals surface area contributed by atoms with E-state index in [1.807, 2.05) is 0 Å². The second-order valence-electron chi connectivity index (χ2n) is 15.1. The van der Waals surface area contributed by atoms with Crippen molar-refractivity contribution < 1.29 is 43.0 Å². The monoisotopic (exact) mass is 747 g/mol. The number of hydrogen-bond acceptors (Lipinski definition) is 12. The van der Waals surface area contributed by atoms with Crippen LogP contribution in [0.5, 0.6) is 0 Å². The molecule has 0 saturated carbocycles. The molecule has 0 unspecified atom stereocenters. The van der Waals surface area contributed by atoms with Crippen molar-refractivity contribution in [1.29, 1.82) is 0 Å². The molecule has 14 nitrogen and oxygen atoms in total. The molecule has 1 saturated heterocycles. The van der Waals surface area contributed by atoms with Gasteiger partial charge in [-0.15, -0.1) is 22.9 Å². The van der Waals surface area contributed by atoms with Gasteiger partial charge in [0.25, 0.3) is 11.8 Å². The Morgan fingerprint density at radius 2 is 1.53 bits per heavy atom. The van der Waals surface area contributed by atoms with Gasteiger partial charge in [-0.2, -0.15) is 0 Å². The van der Waals surface area contributed by atoms with Crippen molar-refractivity contribution in [3.63, 3.8) is 0 Å². The summed E-state index contributed by atoms with van der Waals surface area (Å²) in [7, 11) is 0. The molecule has 1 atom stereocenters. The number of anilines is 1. The van der Waals surface area contributed by atoms with E-state index in [1.165, 1.54) is 30.2 Å². The highest BCUT2D eigenvalue weighted by Crippen LogP contribution is 2.25. The van der Waals surface area contributed by atoms with Gasteiger partial charge in [-0.1, -0.05) is 29.4 Å². The van der Waals surface area contributed by atoms with Crippen LogP contribution in [0, 0.1) is 0 Å². The fraction of sp³-hybridized carbons (Fsp3) is 0.514. The Morgan fingerprint density at radius 1 is 0.941 bits per heavy atom. The summed E-state index contributed by atoms with van der Waals surface area (Å²) in [5, 5.41) is 10.6. The Hall–Kier alpha value is -4.50. The molecule has 2 N–H and O–H groups in total. The molecule has 2 heterocycles. The molecule has 0 spiro atoms. The Balaban J connectivity index is 1.89. The summed E-state index contributed by atoms with van der Waals surface area (Å²) in [6, 6.07) is 6.04. The van der Waals surface area contributed by atoms with Gasteiger partial charge in [0.05, 0.1) is 6.54 Å². The van der Waals surface area contributed by atoms with E-state index in [9.17, 15) is 24.0 Å². The normalized spacial score (nSPS) is 15.8. The highest BCUT2D eigenvalue weighted by atomic mass is 35.5. The lowest BCUT2D eigenvalue weighted by Crippen LogP contribution is -2.64. The Labute approximate surface area is 306 Å². The third-order valence-corrected chi connectivity index (χ3v) is 7.46. The van der Waals surface area contributed by atoms with Gasteiger partial charge in [-0.05, 0) is 93.4 Å². The number of amides is 3. The maximum Gasteiger partial charge on any atom is 0.413 e. The first-order chi connectivity index (χ1) is 23.4. The molecular weight excluding hydrogens is 702 g/mol. The summed E-state index contributed by atoms with van der Waals surface area (Å²) in [5.74, 6) is -2.62. The molecule has 3 rings (SSSR count). The van der Waals surface area contributed by atoms with Crippen molar-refractivity contribution in [2.75, 3.05) is 11.9 Å². The van der Waals surface area contributed by atoms with E-state index in [1.54, 1.807) is 86.6 Å². The lowest BCUT2D eigenvalue weighted by atomic mass is 10.0. The topological polar surface area (TPSA) is 175 Å². The summed E-state index contributed by atoms with van der Waals surface area (Å²) in [6.45, 7) is 18.1. The molecule has 0 bridgehead atoms. The highest BCUT2D eigenvalue weighted by molar-refractivity contribution is 7.14. The van der Waals surface area contributed by atoms with Crippen molar-refractivity contribution in [3.05, 3.63) is 52.2 Å². The number of halogens is 1. The van der Waals surface area contributed by atoms with Gasteiger partial charge < -0.3 is 29.3 Å². The first-order valence-electron chi connectivity index (χ1n) is 16.0. The number of aromatic nitrogens is 1. The van der Waals surface area contributed by atoms with Crippen LogP contribution in [0.4, 0.5) is 9.93 Å². The Bertz CT molecular complexity index is 1700. The number of rotatable bonds is 11. The minimum absolute atomic E-state index is 0.0206. The van der Waals surface area contributed by atoms with E-state index in [-0.39, 0.29) is 23.1 Å². The number of alkyl halides is 1. The highest BCUT2D eigenvalue weighted by Gasteiger charge is 2.44. The number of oxime groups is 1. The van der Waals surface area contributed by atoms with Crippen LogP contribution in [0.15, 0.2) is 40.5 Å². The second kappa shape index (κ2) is 15.8. The molecule has 51 heavy (non-hydrogen) atoms. The van der Waals surface area contributed by atoms with E-state index in [0.29, 0.717) is 11.4 Å². The molecule has 1 aromatic heterocycles. The molecule has 2 aromatic rings. The summed E-state index contributed by atoms with van der Waals surface area (Å²) in [4.78, 5) is 76.6. The number of β-lactam (4-membered cyclic amide) rings is 1. The summed E-state index contributed by atoms with van der Waals surface area (Å²) in [6.07, 6.45) is 0.758. The molecule has 0 radical (unpaired) electrons. The van der Waals surface area contributed by atoms with Crippen molar-refractivity contribution in [2.45, 2.75) is 110 Å². The van der Waals surface area contributed by atoms with Gasteiger partial charge in [0.15, 0.2) is 10.8 Å². The first kappa shape index (κ1) is 40.9. The minimum atomic E-state index is -1.63.